The lowest BCUT2D eigenvalue weighted by atomic mass is 10.1. The number of amidine groups is 1. The van der Waals surface area contributed by atoms with E-state index in [2.05, 4.69) is 4.40 Å². The van der Waals surface area contributed by atoms with Crippen LogP contribution in [-0.4, -0.2) is 73.7 Å². The molecule has 0 unspecified atom stereocenters. The fourth-order valence-electron chi connectivity index (χ4n) is 4.09. The molecular formula is C22H21FN4O4S2. The van der Waals surface area contributed by atoms with Gasteiger partial charge in [-0.1, -0.05) is 12.1 Å². The van der Waals surface area contributed by atoms with Crippen molar-refractivity contribution in [2.45, 2.75) is 11.3 Å². The number of benzene rings is 2. The van der Waals surface area contributed by atoms with Crippen molar-refractivity contribution in [3.8, 4) is 0 Å². The largest absolute Gasteiger partial charge is 0.339 e. The molecule has 0 bridgehead atoms. The summed E-state index contributed by atoms with van der Waals surface area (Å²) in [7, 11) is -3.43. The van der Waals surface area contributed by atoms with Crippen molar-refractivity contribution >= 4 is 44.5 Å². The molecule has 5 rings (SSSR count). The summed E-state index contributed by atoms with van der Waals surface area (Å²) in [5.74, 6) is -0.530. The first kappa shape index (κ1) is 21.9. The summed E-state index contributed by atoms with van der Waals surface area (Å²) >= 11 is 1.26. The van der Waals surface area contributed by atoms with E-state index in [0.717, 1.165) is 16.1 Å². The van der Waals surface area contributed by atoms with Gasteiger partial charge >= 0.3 is 0 Å². The molecule has 3 aliphatic heterocycles. The summed E-state index contributed by atoms with van der Waals surface area (Å²) in [5, 5.41) is 0.425. The van der Waals surface area contributed by atoms with E-state index < -0.39 is 10.0 Å². The zero-order valence-corrected chi connectivity index (χ0v) is 19.2. The number of piperazine rings is 1. The smallest absolute Gasteiger partial charge is 0.257 e. The minimum absolute atomic E-state index is 0.0264. The molecule has 2 aromatic carbocycles. The molecule has 0 saturated carbocycles. The first-order valence-electron chi connectivity index (χ1n) is 10.5. The summed E-state index contributed by atoms with van der Waals surface area (Å²) in [6.07, 6.45) is 0.201. The van der Waals surface area contributed by atoms with Gasteiger partial charge < -0.3 is 14.7 Å². The highest BCUT2D eigenvalue weighted by molar-refractivity contribution is 8.15. The molecule has 1 fully saturated rings. The third kappa shape index (κ3) is 4.47. The van der Waals surface area contributed by atoms with Gasteiger partial charge in [0, 0.05) is 43.2 Å². The molecule has 0 spiro atoms. The lowest BCUT2D eigenvalue weighted by Gasteiger charge is -2.35. The molecule has 3 heterocycles. The number of carbonyl (C=O) groups is 2. The molecule has 2 aromatic rings. The average molecular weight is 489 g/mol. The first-order chi connectivity index (χ1) is 15.8. The Morgan fingerprint density at radius 1 is 0.970 bits per heavy atom. The topological polar surface area (TPSA) is 90.4 Å². The van der Waals surface area contributed by atoms with Gasteiger partial charge in [0.15, 0.2) is 5.17 Å². The molecule has 11 heteroatoms. The number of carbonyl (C=O) groups excluding carboxylic acids is 2. The molecule has 0 aliphatic carbocycles. The van der Waals surface area contributed by atoms with Crippen LogP contribution < -0.4 is 4.90 Å². The van der Waals surface area contributed by atoms with Gasteiger partial charge in [0.25, 0.3) is 15.9 Å². The van der Waals surface area contributed by atoms with Gasteiger partial charge in [-0.15, -0.1) is 4.40 Å². The quantitative estimate of drug-likeness (QED) is 0.656. The summed E-state index contributed by atoms with van der Waals surface area (Å²) in [6, 6.07) is 11.2. The van der Waals surface area contributed by atoms with Gasteiger partial charge in [0.2, 0.25) is 5.91 Å². The highest BCUT2D eigenvalue weighted by atomic mass is 32.2. The molecule has 0 aromatic heterocycles. The molecule has 172 valence electrons. The van der Waals surface area contributed by atoms with Crippen molar-refractivity contribution in [3.05, 3.63) is 59.4 Å². The molecule has 33 heavy (non-hydrogen) atoms. The van der Waals surface area contributed by atoms with E-state index in [9.17, 15) is 22.4 Å². The number of rotatable bonds is 3. The van der Waals surface area contributed by atoms with Crippen molar-refractivity contribution in [3.63, 3.8) is 0 Å². The standard InChI is InChI=1S/C22H21FN4O4S2/c23-17-4-1-15(2-5-17)13-20(28)25-7-9-26(10-8-25)21(29)16-3-6-18-19(14-16)32-22-24-33(30,31)12-11-27(18)22/h1-6,14H,7-13H2. The predicted molar refractivity (Wildman–Crippen MR) is 123 cm³/mol. The van der Waals surface area contributed by atoms with E-state index in [1.54, 1.807) is 34.1 Å². The maximum atomic E-state index is 13.1. The van der Waals surface area contributed by atoms with Crippen LogP contribution in [0.3, 0.4) is 0 Å². The van der Waals surface area contributed by atoms with Gasteiger partial charge in [-0.3, -0.25) is 9.59 Å². The number of nitrogens with zero attached hydrogens (tertiary/aromatic N) is 4. The third-order valence-corrected chi connectivity index (χ3v) is 8.21. The number of halogens is 1. The Labute approximate surface area is 195 Å². The number of thioether (sulfide) groups is 1. The van der Waals surface area contributed by atoms with Gasteiger partial charge in [-0.2, -0.15) is 0 Å². The van der Waals surface area contributed by atoms with Crippen LogP contribution in [0, 0.1) is 5.82 Å². The number of hydrogen-bond acceptors (Lipinski definition) is 6. The lowest BCUT2D eigenvalue weighted by molar-refractivity contribution is -0.131. The third-order valence-electron chi connectivity index (χ3n) is 5.91. The van der Waals surface area contributed by atoms with Gasteiger partial charge in [0.05, 0.1) is 17.9 Å². The Morgan fingerprint density at radius 2 is 1.67 bits per heavy atom. The molecule has 0 atom stereocenters. The Morgan fingerprint density at radius 3 is 2.39 bits per heavy atom. The molecule has 2 amide bonds. The maximum absolute atomic E-state index is 13.1. The predicted octanol–water partition coefficient (Wildman–Crippen LogP) is 1.96. The van der Waals surface area contributed by atoms with Crippen LogP contribution >= 0.6 is 11.8 Å². The van der Waals surface area contributed by atoms with Crippen molar-refractivity contribution < 1.29 is 22.4 Å². The van der Waals surface area contributed by atoms with E-state index in [1.807, 2.05) is 11.0 Å². The van der Waals surface area contributed by atoms with Crippen LogP contribution in [0.2, 0.25) is 0 Å². The highest BCUT2D eigenvalue weighted by Crippen LogP contribution is 2.42. The second-order valence-electron chi connectivity index (χ2n) is 8.07. The van der Waals surface area contributed by atoms with E-state index in [1.165, 1.54) is 23.9 Å². The Hall–Kier alpha value is -2.92. The van der Waals surface area contributed by atoms with Crippen molar-refractivity contribution in [2.24, 2.45) is 4.40 Å². The summed E-state index contributed by atoms with van der Waals surface area (Å²) in [5.41, 5.74) is 2.14. The van der Waals surface area contributed by atoms with Gasteiger partial charge in [-0.05, 0) is 47.7 Å². The molecule has 0 N–H and O–H groups in total. The fourth-order valence-corrected chi connectivity index (χ4v) is 6.39. The average Bonchev–Trinajstić information content (AvgIpc) is 3.15. The molecule has 8 nitrogen and oxygen atoms in total. The van der Waals surface area contributed by atoms with Crippen molar-refractivity contribution in [1.29, 1.82) is 0 Å². The maximum Gasteiger partial charge on any atom is 0.257 e. The summed E-state index contributed by atoms with van der Waals surface area (Å²) in [6.45, 7) is 2.08. The summed E-state index contributed by atoms with van der Waals surface area (Å²) < 4.78 is 40.5. The summed E-state index contributed by atoms with van der Waals surface area (Å²) in [4.78, 5) is 31.7. The number of fused-ring (bicyclic) bond motifs is 3. The van der Waals surface area contributed by atoms with E-state index >= 15 is 0 Å². The van der Waals surface area contributed by atoms with Gasteiger partial charge in [0.1, 0.15) is 5.82 Å². The van der Waals surface area contributed by atoms with E-state index in [4.69, 9.17) is 0 Å². The van der Waals surface area contributed by atoms with E-state index in [-0.39, 0.29) is 29.8 Å². The Balaban J connectivity index is 1.21. The number of sulfonamides is 1. The number of hydrogen-bond donors (Lipinski definition) is 0. The zero-order chi connectivity index (χ0) is 23.2. The van der Waals surface area contributed by atoms with Crippen LogP contribution in [0.1, 0.15) is 15.9 Å². The molecule has 1 saturated heterocycles. The molecule has 0 radical (unpaired) electrons. The monoisotopic (exact) mass is 488 g/mol. The number of anilines is 1. The first-order valence-corrected chi connectivity index (χ1v) is 13.0. The fraction of sp³-hybridized carbons (Fsp3) is 0.318. The zero-order valence-electron chi connectivity index (χ0n) is 17.6. The highest BCUT2D eigenvalue weighted by Gasteiger charge is 2.34. The van der Waals surface area contributed by atoms with Crippen LogP contribution in [0.4, 0.5) is 10.1 Å². The number of amides is 2. The molecular weight excluding hydrogens is 467 g/mol. The Kier molecular flexibility index (Phi) is 5.61. The van der Waals surface area contributed by atoms with Crippen LogP contribution in [0.5, 0.6) is 0 Å². The van der Waals surface area contributed by atoms with Crippen LogP contribution in [-0.2, 0) is 21.2 Å². The van der Waals surface area contributed by atoms with Crippen LogP contribution in [0.25, 0.3) is 0 Å². The minimum atomic E-state index is -3.43. The molecule has 3 aliphatic rings. The minimum Gasteiger partial charge on any atom is -0.339 e. The van der Waals surface area contributed by atoms with Crippen molar-refractivity contribution in [1.82, 2.24) is 9.80 Å². The van der Waals surface area contributed by atoms with Crippen LogP contribution in [0.15, 0.2) is 51.8 Å². The normalized spacial score (nSPS) is 19.1. The Bertz CT molecular complexity index is 1260. The van der Waals surface area contributed by atoms with Gasteiger partial charge in [-0.25, -0.2) is 12.8 Å². The van der Waals surface area contributed by atoms with E-state index in [0.29, 0.717) is 43.5 Å². The SMILES string of the molecule is O=C(Cc1ccc(F)cc1)N1CCN(C(=O)c2ccc3c(c2)SC2=NS(=O)(=O)CCN23)CC1. The van der Waals surface area contributed by atoms with Crippen molar-refractivity contribution in [2.75, 3.05) is 43.4 Å². The second-order valence-corrected chi connectivity index (χ2v) is 10.8. The lowest BCUT2D eigenvalue weighted by Crippen LogP contribution is -2.51. The second kappa shape index (κ2) is 8.45.